The molecule has 2 aromatic rings. The summed E-state index contributed by atoms with van der Waals surface area (Å²) in [6.07, 6.45) is 0. The Bertz CT molecular complexity index is 596. The minimum Gasteiger partial charge on any atom is -0.478 e. The number of thioether (sulfide) groups is 1. The Morgan fingerprint density at radius 3 is 2.65 bits per heavy atom. The molecular weight excluding hydrogens is 272 g/mol. The van der Waals surface area contributed by atoms with Gasteiger partial charge in [0.1, 0.15) is 0 Å². The molecule has 4 heteroatoms. The molecule has 2 rings (SSSR count). The first-order valence-electron chi connectivity index (χ1n) is 6.32. The highest BCUT2D eigenvalue weighted by molar-refractivity contribution is 7.98. The Balaban J connectivity index is 2.29. The van der Waals surface area contributed by atoms with Gasteiger partial charge in [-0.3, -0.25) is 0 Å². The molecule has 2 N–H and O–H groups in total. The molecule has 0 atom stereocenters. The quantitative estimate of drug-likeness (QED) is 0.801. The molecule has 0 aliphatic carbocycles. The van der Waals surface area contributed by atoms with Crippen LogP contribution in [0, 0.1) is 0 Å². The van der Waals surface area contributed by atoms with E-state index in [2.05, 4.69) is 0 Å². The smallest absolute Gasteiger partial charge is 0.336 e. The summed E-state index contributed by atoms with van der Waals surface area (Å²) in [7, 11) is 0. The topological polar surface area (TPSA) is 57.5 Å². The molecule has 3 nitrogen and oxygen atoms in total. The minimum absolute atomic E-state index is 0.173. The van der Waals surface area contributed by atoms with Crippen molar-refractivity contribution in [2.45, 2.75) is 5.75 Å². The lowest BCUT2D eigenvalue weighted by atomic mass is 9.98. The van der Waals surface area contributed by atoms with Crippen molar-refractivity contribution in [1.29, 1.82) is 0 Å². The van der Waals surface area contributed by atoms with E-state index >= 15 is 0 Å². The Kier molecular flexibility index (Phi) is 5.21. The molecule has 20 heavy (non-hydrogen) atoms. The molecular formula is C16H16O3S. The largest absolute Gasteiger partial charge is 0.478 e. The van der Waals surface area contributed by atoms with Crippen LogP contribution >= 0.6 is 11.8 Å². The highest BCUT2D eigenvalue weighted by Crippen LogP contribution is 2.25. The van der Waals surface area contributed by atoms with Crippen molar-refractivity contribution in [2.75, 3.05) is 12.4 Å². The SMILES string of the molecule is O=C(O)c1ccccc1-c1cccc(CSCCO)c1. The van der Waals surface area contributed by atoms with Gasteiger partial charge >= 0.3 is 5.97 Å². The molecule has 0 spiro atoms. The summed E-state index contributed by atoms with van der Waals surface area (Å²) in [4.78, 5) is 11.3. The molecule has 0 amide bonds. The van der Waals surface area contributed by atoms with Crippen LogP contribution in [0.15, 0.2) is 48.5 Å². The molecule has 0 saturated carbocycles. The third-order valence-electron chi connectivity index (χ3n) is 2.90. The van der Waals surface area contributed by atoms with Gasteiger partial charge in [-0.15, -0.1) is 0 Å². The standard InChI is InChI=1S/C16H16O3S/c17-8-9-20-11-12-4-3-5-13(10-12)14-6-1-2-7-15(14)16(18)19/h1-7,10,17H,8-9,11H2,(H,18,19). The lowest BCUT2D eigenvalue weighted by Gasteiger charge is -2.08. The second kappa shape index (κ2) is 7.12. The van der Waals surface area contributed by atoms with E-state index < -0.39 is 5.97 Å². The number of aliphatic hydroxyl groups excluding tert-OH is 1. The third kappa shape index (κ3) is 3.62. The molecule has 0 radical (unpaired) electrons. The van der Waals surface area contributed by atoms with E-state index in [9.17, 15) is 9.90 Å². The van der Waals surface area contributed by atoms with Gasteiger partial charge in [0.05, 0.1) is 12.2 Å². The van der Waals surface area contributed by atoms with Crippen molar-refractivity contribution >= 4 is 17.7 Å². The number of hydrogen-bond donors (Lipinski definition) is 2. The molecule has 0 aliphatic heterocycles. The number of rotatable bonds is 6. The van der Waals surface area contributed by atoms with Crippen LogP contribution in [0.25, 0.3) is 11.1 Å². The molecule has 0 fully saturated rings. The Hall–Kier alpha value is -1.78. The first kappa shape index (κ1) is 14.6. The number of benzene rings is 2. The molecule has 2 aromatic carbocycles. The van der Waals surface area contributed by atoms with Crippen LogP contribution < -0.4 is 0 Å². The van der Waals surface area contributed by atoms with Gasteiger partial charge in [0.2, 0.25) is 0 Å². The normalized spacial score (nSPS) is 10.4. The van der Waals surface area contributed by atoms with Gasteiger partial charge in [0.15, 0.2) is 0 Å². The minimum atomic E-state index is -0.916. The highest BCUT2D eigenvalue weighted by Gasteiger charge is 2.10. The highest BCUT2D eigenvalue weighted by atomic mass is 32.2. The summed E-state index contributed by atoms with van der Waals surface area (Å²) >= 11 is 1.65. The van der Waals surface area contributed by atoms with Crippen molar-refractivity contribution in [2.24, 2.45) is 0 Å². The van der Waals surface area contributed by atoms with Gasteiger partial charge in [-0.2, -0.15) is 11.8 Å². The van der Waals surface area contributed by atoms with Crippen LogP contribution in [0.3, 0.4) is 0 Å². The van der Waals surface area contributed by atoms with E-state index in [0.717, 1.165) is 22.4 Å². The van der Waals surface area contributed by atoms with E-state index in [1.54, 1.807) is 23.9 Å². The maximum Gasteiger partial charge on any atom is 0.336 e. The molecule has 0 unspecified atom stereocenters. The third-order valence-corrected chi connectivity index (χ3v) is 3.91. The predicted octanol–water partition coefficient (Wildman–Crippen LogP) is 3.28. The molecule has 0 heterocycles. The van der Waals surface area contributed by atoms with Gasteiger partial charge in [-0.1, -0.05) is 42.5 Å². The average molecular weight is 288 g/mol. The summed E-state index contributed by atoms with van der Waals surface area (Å²) < 4.78 is 0. The van der Waals surface area contributed by atoms with E-state index in [1.807, 2.05) is 36.4 Å². The zero-order valence-electron chi connectivity index (χ0n) is 11.0. The van der Waals surface area contributed by atoms with Gasteiger partial charge < -0.3 is 10.2 Å². The number of aliphatic hydroxyl groups is 1. The summed E-state index contributed by atoms with van der Waals surface area (Å²) in [6, 6.07) is 14.9. The van der Waals surface area contributed by atoms with E-state index in [4.69, 9.17) is 5.11 Å². The first-order valence-corrected chi connectivity index (χ1v) is 7.48. The lowest BCUT2D eigenvalue weighted by Crippen LogP contribution is -1.99. The fourth-order valence-corrected chi connectivity index (χ4v) is 2.69. The number of hydrogen-bond acceptors (Lipinski definition) is 3. The zero-order valence-corrected chi connectivity index (χ0v) is 11.8. The van der Waals surface area contributed by atoms with Gasteiger partial charge in [0.25, 0.3) is 0 Å². The van der Waals surface area contributed by atoms with Crippen LogP contribution in [0.4, 0.5) is 0 Å². The maximum absolute atomic E-state index is 11.3. The molecule has 0 aliphatic rings. The molecule has 0 bridgehead atoms. The fraction of sp³-hybridized carbons (Fsp3) is 0.188. The van der Waals surface area contributed by atoms with Crippen molar-refractivity contribution in [3.8, 4) is 11.1 Å². The summed E-state index contributed by atoms with van der Waals surface area (Å²) in [5.41, 5.74) is 3.08. The van der Waals surface area contributed by atoms with Crippen LogP contribution in [0.2, 0.25) is 0 Å². The number of carbonyl (C=O) groups is 1. The van der Waals surface area contributed by atoms with Crippen molar-refractivity contribution < 1.29 is 15.0 Å². The Labute approximate surface area is 122 Å². The number of carboxylic acid groups (broad SMARTS) is 1. The Morgan fingerprint density at radius 2 is 1.90 bits per heavy atom. The van der Waals surface area contributed by atoms with E-state index in [0.29, 0.717) is 11.3 Å². The monoisotopic (exact) mass is 288 g/mol. The van der Waals surface area contributed by atoms with Gasteiger partial charge in [-0.25, -0.2) is 4.79 Å². The fourth-order valence-electron chi connectivity index (χ4n) is 2.00. The predicted molar refractivity (Wildman–Crippen MR) is 82.1 cm³/mol. The number of aromatic carboxylic acids is 1. The maximum atomic E-state index is 11.3. The van der Waals surface area contributed by atoms with Gasteiger partial charge in [0, 0.05) is 11.5 Å². The molecule has 0 aromatic heterocycles. The second-order valence-electron chi connectivity index (χ2n) is 4.33. The van der Waals surface area contributed by atoms with Crippen LogP contribution in [-0.4, -0.2) is 28.5 Å². The van der Waals surface area contributed by atoms with Crippen molar-refractivity contribution in [3.63, 3.8) is 0 Å². The van der Waals surface area contributed by atoms with E-state index in [1.165, 1.54) is 0 Å². The summed E-state index contributed by atoms with van der Waals surface area (Å²) in [5.74, 6) is 0.597. The van der Waals surface area contributed by atoms with Crippen molar-refractivity contribution in [3.05, 3.63) is 59.7 Å². The molecule has 0 saturated heterocycles. The van der Waals surface area contributed by atoms with Crippen LogP contribution in [0.1, 0.15) is 15.9 Å². The van der Waals surface area contributed by atoms with E-state index in [-0.39, 0.29) is 6.61 Å². The summed E-state index contributed by atoms with van der Waals surface area (Å²) in [6.45, 7) is 0.173. The van der Waals surface area contributed by atoms with Crippen LogP contribution in [0.5, 0.6) is 0 Å². The van der Waals surface area contributed by atoms with Crippen molar-refractivity contribution in [1.82, 2.24) is 0 Å². The molecule has 104 valence electrons. The van der Waals surface area contributed by atoms with Gasteiger partial charge in [-0.05, 0) is 22.8 Å². The Morgan fingerprint density at radius 1 is 1.10 bits per heavy atom. The van der Waals surface area contributed by atoms with Crippen LogP contribution in [-0.2, 0) is 5.75 Å². The zero-order chi connectivity index (χ0) is 14.4. The number of carboxylic acids is 1. The average Bonchev–Trinajstić information content (AvgIpc) is 2.48. The first-order chi connectivity index (χ1) is 9.72. The lowest BCUT2D eigenvalue weighted by molar-refractivity contribution is 0.0697. The summed E-state index contributed by atoms with van der Waals surface area (Å²) in [5, 5.41) is 18.0. The second-order valence-corrected chi connectivity index (χ2v) is 5.43.